The van der Waals surface area contributed by atoms with Crippen LogP contribution in [0, 0.1) is 5.92 Å². The molecule has 23 heavy (non-hydrogen) atoms. The maximum Gasteiger partial charge on any atom is 0.290 e. The van der Waals surface area contributed by atoms with Crippen LogP contribution in [-0.2, 0) is 19.2 Å². The number of carbonyl (C=O) groups excluding carboxylic acids is 4. The maximum atomic E-state index is 12.8. The average molecular weight is 324 g/mol. The molecule has 2 atom stereocenters. The van der Waals surface area contributed by atoms with Crippen molar-refractivity contribution in [2.24, 2.45) is 5.92 Å². The normalized spacial score (nSPS) is 18.9. The Morgan fingerprint density at radius 2 is 1.83 bits per heavy atom. The predicted octanol–water partition coefficient (Wildman–Crippen LogP) is 1.42. The van der Waals surface area contributed by atoms with E-state index in [-0.39, 0.29) is 17.6 Å². The summed E-state index contributed by atoms with van der Waals surface area (Å²) in [7, 11) is 1.62. The molecular formula is C17H28N2O4. The zero-order valence-electron chi connectivity index (χ0n) is 14.8. The van der Waals surface area contributed by atoms with Crippen molar-refractivity contribution in [2.45, 2.75) is 65.5 Å². The lowest BCUT2D eigenvalue weighted by atomic mass is 9.97. The number of ketones is 2. The minimum absolute atomic E-state index is 0.0250. The second-order valence-corrected chi connectivity index (χ2v) is 6.63. The van der Waals surface area contributed by atoms with Gasteiger partial charge in [0.15, 0.2) is 5.78 Å². The van der Waals surface area contributed by atoms with Crippen LogP contribution in [0.2, 0.25) is 0 Å². The van der Waals surface area contributed by atoms with Gasteiger partial charge in [-0.2, -0.15) is 0 Å². The quantitative estimate of drug-likeness (QED) is 0.664. The van der Waals surface area contributed by atoms with Gasteiger partial charge in [0, 0.05) is 26.9 Å². The van der Waals surface area contributed by atoms with Crippen molar-refractivity contribution in [2.75, 3.05) is 13.6 Å². The van der Waals surface area contributed by atoms with Crippen LogP contribution < -0.4 is 0 Å². The highest BCUT2D eigenvalue weighted by molar-refractivity contribution is 6.35. The van der Waals surface area contributed by atoms with E-state index in [0.717, 1.165) is 0 Å². The molecule has 0 aromatic carbocycles. The predicted molar refractivity (Wildman–Crippen MR) is 86.7 cm³/mol. The number of likely N-dealkylation sites (N-methyl/N-ethyl adjacent to an activating group) is 1. The Bertz CT molecular complexity index is 487. The van der Waals surface area contributed by atoms with Crippen molar-refractivity contribution in [3.05, 3.63) is 0 Å². The molecule has 1 saturated heterocycles. The molecule has 0 radical (unpaired) electrons. The van der Waals surface area contributed by atoms with Gasteiger partial charge in [-0.15, -0.1) is 0 Å². The molecule has 0 N–H and O–H groups in total. The monoisotopic (exact) mass is 324 g/mol. The number of amides is 2. The van der Waals surface area contributed by atoms with Gasteiger partial charge in [0.1, 0.15) is 6.04 Å². The van der Waals surface area contributed by atoms with Crippen LogP contribution in [0.25, 0.3) is 0 Å². The molecule has 1 aliphatic heterocycles. The van der Waals surface area contributed by atoms with Crippen LogP contribution in [0.4, 0.5) is 0 Å². The van der Waals surface area contributed by atoms with E-state index in [1.54, 1.807) is 14.0 Å². The molecule has 0 spiro atoms. The van der Waals surface area contributed by atoms with Crippen LogP contribution in [-0.4, -0.2) is 58.9 Å². The summed E-state index contributed by atoms with van der Waals surface area (Å²) in [5.74, 6) is -1.11. The second kappa shape index (κ2) is 8.22. The number of likely N-dealkylation sites (tertiary alicyclic amines) is 1. The molecular weight excluding hydrogens is 296 g/mol. The smallest absolute Gasteiger partial charge is 0.290 e. The first-order valence-corrected chi connectivity index (χ1v) is 8.31. The minimum atomic E-state index is -0.629. The topological polar surface area (TPSA) is 74.8 Å². The SMILES string of the molecule is CCC(=O)[C@@H](CC(C)C)N(C)C(=O)[C@@H]1CCCN1C(=O)C(C)=O. The summed E-state index contributed by atoms with van der Waals surface area (Å²) in [5, 5.41) is 0. The van der Waals surface area contributed by atoms with Crippen molar-refractivity contribution >= 4 is 23.4 Å². The van der Waals surface area contributed by atoms with Crippen molar-refractivity contribution in [3.63, 3.8) is 0 Å². The fourth-order valence-corrected chi connectivity index (χ4v) is 3.05. The fourth-order valence-electron chi connectivity index (χ4n) is 3.05. The third-order valence-electron chi connectivity index (χ3n) is 4.33. The van der Waals surface area contributed by atoms with Gasteiger partial charge in [0.05, 0.1) is 6.04 Å². The summed E-state index contributed by atoms with van der Waals surface area (Å²) in [6, 6.07) is -1.10. The molecule has 0 unspecified atom stereocenters. The number of rotatable bonds is 7. The van der Waals surface area contributed by atoms with E-state index < -0.39 is 23.8 Å². The summed E-state index contributed by atoms with van der Waals surface area (Å²) >= 11 is 0. The molecule has 1 heterocycles. The first-order chi connectivity index (χ1) is 10.7. The largest absolute Gasteiger partial charge is 0.334 e. The summed E-state index contributed by atoms with van der Waals surface area (Å²) in [6.45, 7) is 7.44. The lowest BCUT2D eigenvalue weighted by molar-refractivity contribution is -0.150. The Morgan fingerprint density at radius 3 is 2.30 bits per heavy atom. The second-order valence-electron chi connectivity index (χ2n) is 6.63. The third kappa shape index (κ3) is 4.62. The van der Waals surface area contributed by atoms with Gasteiger partial charge in [-0.25, -0.2) is 0 Å². The number of hydrogen-bond donors (Lipinski definition) is 0. The van der Waals surface area contributed by atoms with Gasteiger partial charge >= 0.3 is 0 Å². The summed E-state index contributed by atoms with van der Waals surface area (Å²) in [4.78, 5) is 51.1. The Labute approximate surface area is 138 Å². The Kier molecular flexibility index (Phi) is 6.91. The number of carbonyl (C=O) groups is 4. The van der Waals surface area contributed by atoms with Crippen molar-refractivity contribution < 1.29 is 19.2 Å². The molecule has 2 amide bonds. The lowest BCUT2D eigenvalue weighted by Crippen LogP contribution is -2.52. The fraction of sp³-hybridized carbons (Fsp3) is 0.765. The minimum Gasteiger partial charge on any atom is -0.334 e. The van der Waals surface area contributed by atoms with Gasteiger partial charge in [-0.1, -0.05) is 20.8 Å². The zero-order chi connectivity index (χ0) is 17.7. The maximum absolute atomic E-state index is 12.8. The highest BCUT2D eigenvalue weighted by Crippen LogP contribution is 2.22. The van der Waals surface area contributed by atoms with E-state index in [1.807, 2.05) is 13.8 Å². The molecule has 1 fully saturated rings. The molecule has 0 aromatic rings. The summed E-state index contributed by atoms with van der Waals surface area (Å²) in [5.41, 5.74) is 0. The third-order valence-corrected chi connectivity index (χ3v) is 4.33. The first kappa shape index (κ1) is 19.3. The Hall–Kier alpha value is -1.72. The van der Waals surface area contributed by atoms with Crippen LogP contribution in [0.1, 0.15) is 53.4 Å². The summed E-state index contributed by atoms with van der Waals surface area (Å²) < 4.78 is 0. The van der Waals surface area contributed by atoms with E-state index in [1.165, 1.54) is 16.7 Å². The Morgan fingerprint density at radius 1 is 1.22 bits per heavy atom. The van der Waals surface area contributed by atoms with Crippen LogP contribution in [0.3, 0.4) is 0 Å². The molecule has 1 aliphatic rings. The van der Waals surface area contributed by atoms with Crippen LogP contribution in [0.5, 0.6) is 0 Å². The first-order valence-electron chi connectivity index (χ1n) is 8.31. The number of nitrogens with zero attached hydrogens (tertiary/aromatic N) is 2. The molecule has 0 saturated carbocycles. The molecule has 6 nitrogen and oxygen atoms in total. The molecule has 0 bridgehead atoms. The van der Waals surface area contributed by atoms with Crippen LogP contribution in [0.15, 0.2) is 0 Å². The van der Waals surface area contributed by atoms with Gasteiger partial charge in [0.25, 0.3) is 5.91 Å². The van der Waals surface area contributed by atoms with E-state index in [2.05, 4.69) is 0 Å². The van der Waals surface area contributed by atoms with Gasteiger partial charge in [-0.3, -0.25) is 19.2 Å². The standard InChI is InChI=1S/C17H28N2O4/c1-6-15(21)14(10-11(2)3)18(5)17(23)13-8-7-9-19(13)16(22)12(4)20/h11,13-14H,6-10H2,1-5H3/t13-,14+/m0/s1. The Balaban J connectivity index is 2.93. The average Bonchev–Trinajstić information content (AvgIpc) is 2.98. The molecule has 0 aromatic heterocycles. The van der Waals surface area contributed by atoms with Crippen molar-refractivity contribution in [1.29, 1.82) is 0 Å². The van der Waals surface area contributed by atoms with Gasteiger partial charge in [-0.05, 0) is 25.2 Å². The summed E-state index contributed by atoms with van der Waals surface area (Å²) in [6.07, 6.45) is 2.20. The molecule has 1 rings (SSSR count). The molecule has 6 heteroatoms. The molecule has 0 aliphatic carbocycles. The highest BCUT2D eigenvalue weighted by Gasteiger charge is 2.39. The number of hydrogen-bond acceptors (Lipinski definition) is 4. The van der Waals surface area contributed by atoms with E-state index in [9.17, 15) is 19.2 Å². The van der Waals surface area contributed by atoms with Gasteiger partial charge in [0.2, 0.25) is 11.7 Å². The van der Waals surface area contributed by atoms with Crippen molar-refractivity contribution in [1.82, 2.24) is 9.80 Å². The highest BCUT2D eigenvalue weighted by atomic mass is 16.2. The van der Waals surface area contributed by atoms with Gasteiger partial charge < -0.3 is 9.80 Å². The van der Waals surface area contributed by atoms with Crippen LogP contribution >= 0.6 is 0 Å². The zero-order valence-corrected chi connectivity index (χ0v) is 14.8. The van der Waals surface area contributed by atoms with Crippen molar-refractivity contribution in [3.8, 4) is 0 Å². The van der Waals surface area contributed by atoms with E-state index in [4.69, 9.17) is 0 Å². The van der Waals surface area contributed by atoms with E-state index in [0.29, 0.717) is 32.2 Å². The number of Topliss-reactive ketones (excluding diaryl/α,β-unsaturated/α-hetero) is 2. The van der Waals surface area contributed by atoms with E-state index >= 15 is 0 Å². The molecule has 130 valence electrons. The lowest BCUT2D eigenvalue weighted by Gasteiger charge is -2.33.